The zero-order chi connectivity index (χ0) is 24.4. The summed E-state index contributed by atoms with van der Waals surface area (Å²) in [6, 6.07) is 13.4. The molecule has 0 amide bonds. The molecule has 3 aliphatic rings. The summed E-state index contributed by atoms with van der Waals surface area (Å²) >= 11 is 0. The fourth-order valence-corrected chi connectivity index (χ4v) is 4.94. The van der Waals surface area contributed by atoms with Gasteiger partial charge >= 0.3 is 19.1 Å². The van der Waals surface area contributed by atoms with Gasteiger partial charge in [-0.15, -0.1) is 0 Å². The minimum Gasteiger partial charge on any atom is -0.494 e. The Morgan fingerprint density at radius 3 is 2.23 bits per heavy atom. The third-order valence-electron chi connectivity index (χ3n) is 6.84. The Morgan fingerprint density at radius 1 is 0.857 bits per heavy atom. The Kier molecular flexibility index (Phi) is 6.97. The second-order valence-electron chi connectivity index (χ2n) is 9.64. The lowest BCUT2D eigenvalue weighted by molar-refractivity contribution is -0.145. The Hall–Kier alpha value is -3.04. The fourth-order valence-electron chi connectivity index (χ4n) is 4.94. The first-order valence-corrected chi connectivity index (χ1v) is 12.3. The van der Waals surface area contributed by atoms with E-state index in [1.54, 1.807) is 24.1 Å². The number of nitrogens with zero attached hydrogens (tertiary/aromatic N) is 2. The van der Waals surface area contributed by atoms with E-state index in [1.807, 2.05) is 18.2 Å². The van der Waals surface area contributed by atoms with Crippen LogP contribution in [0.2, 0.25) is 0 Å². The quantitative estimate of drug-likeness (QED) is 0.604. The van der Waals surface area contributed by atoms with Gasteiger partial charge in [0.25, 0.3) is 0 Å². The molecule has 1 aliphatic carbocycles. The molecule has 2 aromatic rings. The van der Waals surface area contributed by atoms with E-state index >= 15 is 0 Å². The van der Waals surface area contributed by atoms with E-state index in [0.29, 0.717) is 11.2 Å². The molecule has 0 N–H and O–H groups in total. The number of rotatable bonds is 5. The molecule has 8 nitrogen and oxygen atoms in total. The zero-order valence-corrected chi connectivity index (χ0v) is 20.3. The van der Waals surface area contributed by atoms with Crippen LogP contribution in [0.4, 0.5) is 0 Å². The number of hydrogen-bond donors (Lipinski definition) is 0. The number of likely N-dealkylation sites (tertiary alicyclic amines) is 1. The first-order chi connectivity index (χ1) is 16.9. The average molecular weight is 478 g/mol. The molecule has 9 heteroatoms. The van der Waals surface area contributed by atoms with E-state index in [1.165, 1.54) is 11.1 Å². The highest BCUT2D eigenvalue weighted by molar-refractivity contribution is 6.64. The number of carbonyl (C=O) groups is 2. The van der Waals surface area contributed by atoms with Gasteiger partial charge in [0.2, 0.25) is 0 Å². The van der Waals surface area contributed by atoms with Crippen LogP contribution in [0.15, 0.2) is 42.5 Å². The van der Waals surface area contributed by atoms with Crippen molar-refractivity contribution in [2.24, 2.45) is 0 Å². The van der Waals surface area contributed by atoms with Crippen LogP contribution in [-0.2, 0) is 25.3 Å². The van der Waals surface area contributed by atoms with Crippen LogP contribution >= 0.6 is 0 Å². The van der Waals surface area contributed by atoms with E-state index < -0.39 is 19.1 Å². The highest BCUT2D eigenvalue weighted by Crippen LogP contribution is 2.40. The molecule has 35 heavy (non-hydrogen) atoms. The molecule has 184 valence electrons. The van der Waals surface area contributed by atoms with Gasteiger partial charge in [0.1, 0.15) is 23.7 Å². The van der Waals surface area contributed by atoms with Gasteiger partial charge in [-0.1, -0.05) is 24.3 Å². The molecule has 2 aromatic carbocycles. The molecule has 2 heterocycles. The molecule has 2 aliphatic heterocycles. The monoisotopic (exact) mass is 478 g/mol. The second kappa shape index (κ2) is 10.3. The number of fused-ring (bicyclic) bond motifs is 1. The zero-order valence-electron chi connectivity index (χ0n) is 20.3. The van der Waals surface area contributed by atoms with Crippen molar-refractivity contribution in [1.29, 1.82) is 0 Å². The molecule has 0 saturated carbocycles. The molecule has 0 spiro atoms. The van der Waals surface area contributed by atoms with Crippen LogP contribution in [-0.4, -0.2) is 75.2 Å². The first kappa shape index (κ1) is 23.7. The summed E-state index contributed by atoms with van der Waals surface area (Å²) in [7, 11) is 2.77. The summed E-state index contributed by atoms with van der Waals surface area (Å²) in [6.07, 6.45) is 4.12. The molecule has 2 fully saturated rings. The number of benzene rings is 2. The summed E-state index contributed by atoms with van der Waals surface area (Å²) in [5.41, 5.74) is 3.00. The molecule has 1 atom stereocenters. The standard InChI is InChI=1S/C26H31BN2O6/c1-28-14-12-20(13-15-28)33-23-5-3-4-21-22(23)10-11-24(21)32-19-8-6-18(7-9-19)27-34-25(30)16-29(2)17-26(31)35-27/h3-9,20,24H,10-17H2,1-2H3. The number of hydrogen-bond acceptors (Lipinski definition) is 8. The van der Waals surface area contributed by atoms with Crippen LogP contribution in [0.3, 0.4) is 0 Å². The van der Waals surface area contributed by atoms with Crippen LogP contribution < -0.4 is 14.9 Å². The lowest BCUT2D eigenvalue weighted by Gasteiger charge is -2.30. The molecule has 0 bridgehead atoms. The van der Waals surface area contributed by atoms with Gasteiger partial charge in [0.15, 0.2) is 0 Å². The topological polar surface area (TPSA) is 77.5 Å². The Labute approximate surface area is 206 Å². The summed E-state index contributed by atoms with van der Waals surface area (Å²) in [4.78, 5) is 28.0. The average Bonchev–Trinajstić information content (AvgIpc) is 3.23. The summed E-state index contributed by atoms with van der Waals surface area (Å²) < 4.78 is 23.4. The van der Waals surface area contributed by atoms with Crippen molar-refractivity contribution in [3.05, 3.63) is 53.6 Å². The lowest BCUT2D eigenvalue weighted by Crippen LogP contribution is -2.47. The van der Waals surface area contributed by atoms with Crippen molar-refractivity contribution >= 4 is 24.5 Å². The third kappa shape index (κ3) is 5.62. The van der Waals surface area contributed by atoms with Crippen LogP contribution in [0.1, 0.15) is 36.5 Å². The SMILES string of the molecule is CN1CCC(Oc2cccc3c2CCC3Oc2ccc(B3OC(=O)CN(C)CC(=O)O3)cc2)CC1. The van der Waals surface area contributed by atoms with Gasteiger partial charge < -0.3 is 23.7 Å². The number of piperidine rings is 1. The van der Waals surface area contributed by atoms with Crippen molar-refractivity contribution in [3.63, 3.8) is 0 Å². The van der Waals surface area contributed by atoms with Gasteiger partial charge in [0, 0.05) is 24.1 Å². The predicted octanol–water partition coefficient (Wildman–Crippen LogP) is 1.95. The molecular formula is C26H31BN2O6. The molecule has 0 aromatic heterocycles. The predicted molar refractivity (Wildman–Crippen MR) is 131 cm³/mol. The Balaban J connectivity index is 1.24. The molecule has 1 unspecified atom stereocenters. The second-order valence-corrected chi connectivity index (χ2v) is 9.64. The first-order valence-electron chi connectivity index (χ1n) is 12.3. The maximum atomic E-state index is 12.0. The van der Waals surface area contributed by atoms with E-state index in [9.17, 15) is 9.59 Å². The number of ether oxygens (including phenoxy) is 2. The normalized spacial score (nSPS) is 22.1. The van der Waals surface area contributed by atoms with Crippen molar-refractivity contribution < 1.29 is 28.4 Å². The van der Waals surface area contributed by atoms with Crippen LogP contribution in [0.5, 0.6) is 11.5 Å². The highest BCUT2D eigenvalue weighted by Gasteiger charge is 2.34. The molecular weight excluding hydrogens is 447 g/mol. The van der Waals surface area contributed by atoms with Gasteiger partial charge in [-0.2, -0.15) is 0 Å². The Morgan fingerprint density at radius 2 is 1.54 bits per heavy atom. The van der Waals surface area contributed by atoms with Gasteiger partial charge in [-0.25, -0.2) is 0 Å². The van der Waals surface area contributed by atoms with Crippen LogP contribution in [0, 0.1) is 0 Å². The fraction of sp³-hybridized carbons (Fsp3) is 0.462. The van der Waals surface area contributed by atoms with Crippen molar-refractivity contribution in [2.75, 3.05) is 40.3 Å². The largest absolute Gasteiger partial charge is 0.636 e. The molecule has 2 saturated heterocycles. The van der Waals surface area contributed by atoms with Gasteiger partial charge in [-0.05, 0) is 63.5 Å². The van der Waals surface area contributed by atoms with E-state index in [-0.39, 0.29) is 25.3 Å². The van der Waals surface area contributed by atoms with E-state index in [0.717, 1.165) is 44.5 Å². The number of likely N-dealkylation sites (N-methyl/N-ethyl adjacent to an activating group) is 1. The number of carbonyl (C=O) groups excluding carboxylic acids is 2. The summed E-state index contributed by atoms with van der Waals surface area (Å²) in [5.74, 6) is 0.811. The maximum absolute atomic E-state index is 12.0. The smallest absolute Gasteiger partial charge is 0.494 e. The van der Waals surface area contributed by atoms with Crippen molar-refractivity contribution in [2.45, 2.75) is 37.9 Å². The van der Waals surface area contributed by atoms with E-state index in [2.05, 4.69) is 24.1 Å². The van der Waals surface area contributed by atoms with Gasteiger partial charge in [0.05, 0.1) is 13.1 Å². The third-order valence-corrected chi connectivity index (χ3v) is 6.84. The molecule has 5 rings (SSSR count). The van der Waals surface area contributed by atoms with Crippen molar-refractivity contribution in [3.8, 4) is 11.5 Å². The maximum Gasteiger partial charge on any atom is 0.636 e. The van der Waals surface area contributed by atoms with Gasteiger partial charge in [-0.3, -0.25) is 14.5 Å². The van der Waals surface area contributed by atoms with Crippen molar-refractivity contribution in [1.82, 2.24) is 9.80 Å². The Bertz CT molecular complexity index is 1050. The summed E-state index contributed by atoms with van der Waals surface area (Å²) in [5, 5.41) is 0. The van der Waals surface area contributed by atoms with Crippen LogP contribution in [0.25, 0.3) is 0 Å². The minimum atomic E-state index is -1.05. The lowest BCUT2D eigenvalue weighted by atomic mass is 9.78. The highest BCUT2D eigenvalue weighted by atomic mass is 16.6. The molecule has 0 radical (unpaired) electrons. The minimum absolute atomic E-state index is 0.0391. The van der Waals surface area contributed by atoms with E-state index in [4.69, 9.17) is 18.8 Å². The summed E-state index contributed by atoms with van der Waals surface area (Å²) in [6.45, 7) is 2.21.